The van der Waals surface area contributed by atoms with Gasteiger partial charge >= 0.3 is 12.0 Å². The number of aliphatic hydroxyl groups excluding tert-OH is 1. The van der Waals surface area contributed by atoms with Crippen LogP contribution in [0.5, 0.6) is 0 Å². The number of rotatable bonds is 4. The van der Waals surface area contributed by atoms with E-state index in [2.05, 4.69) is 10.6 Å². The number of hydrogen-bond donors (Lipinski definition) is 4. The molecule has 4 N–H and O–H groups in total. The van der Waals surface area contributed by atoms with Gasteiger partial charge < -0.3 is 25.7 Å². The average Bonchev–Trinajstić information content (AvgIpc) is 3.08. The molecule has 1 aliphatic carbocycles. The van der Waals surface area contributed by atoms with Crippen molar-refractivity contribution in [3.8, 4) is 0 Å². The number of nitrogens with one attached hydrogen (secondary N) is 2. The minimum absolute atomic E-state index is 0.00536. The maximum atomic E-state index is 12.0. The highest BCUT2D eigenvalue weighted by Crippen LogP contribution is 2.19. The first kappa shape index (κ1) is 14.6. The fourth-order valence-corrected chi connectivity index (χ4v) is 2.16. The summed E-state index contributed by atoms with van der Waals surface area (Å²) in [6.45, 7) is 1.50. The number of likely N-dealkylation sites (tertiary alicyclic amines) is 1. The van der Waals surface area contributed by atoms with Gasteiger partial charge in [0.15, 0.2) is 0 Å². The third-order valence-electron chi connectivity index (χ3n) is 3.48. The second-order valence-corrected chi connectivity index (χ2v) is 5.35. The zero-order chi connectivity index (χ0) is 14.9. The van der Waals surface area contributed by atoms with Crippen molar-refractivity contribution in [3.63, 3.8) is 0 Å². The fourth-order valence-electron chi connectivity index (χ4n) is 2.16. The van der Waals surface area contributed by atoms with Gasteiger partial charge in [0.25, 0.3) is 0 Å². The van der Waals surface area contributed by atoms with Gasteiger partial charge in [-0.3, -0.25) is 4.79 Å². The van der Waals surface area contributed by atoms with E-state index in [0.29, 0.717) is 0 Å². The molecule has 0 aromatic rings. The maximum absolute atomic E-state index is 12.0. The molecule has 0 bridgehead atoms. The number of amides is 3. The summed E-state index contributed by atoms with van der Waals surface area (Å²) in [7, 11) is 0. The quantitative estimate of drug-likeness (QED) is 0.522. The van der Waals surface area contributed by atoms with Crippen LogP contribution in [0.25, 0.3) is 0 Å². The van der Waals surface area contributed by atoms with Gasteiger partial charge in [0.2, 0.25) is 5.91 Å². The van der Waals surface area contributed by atoms with Gasteiger partial charge in [0, 0.05) is 19.0 Å². The van der Waals surface area contributed by atoms with Crippen LogP contribution in [0.1, 0.15) is 26.2 Å². The van der Waals surface area contributed by atoms with E-state index < -0.39 is 30.2 Å². The summed E-state index contributed by atoms with van der Waals surface area (Å²) in [6, 6.07) is -2.24. The molecule has 3 unspecified atom stereocenters. The fraction of sp³-hybridized carbons (Fsp3) is 0.750. The van der Waals surface area contributed by atoms with Crippen molar-refractivity contribution < 1.29 is 24.6 Å². The number of hydrogen-bond acceptors (Lipinski definition) is 4. The first-order valence-corrected chi connectivity index (χ1v) is 6.67. The summed E-state index contributed by atoms with van der Waals surface area (Å²) in [5.74, 6) is -1.45. The number of carboxylic acids is 1. The lowest BCUT2D eigenvalue weighted by molar-refractivity contribution is -0.141. The SMILES string of the molecule is CC(NC(=O)N1CC(O)CC1C(=O)O)C(=O)NC1CC1. The summed E-state index contributed by atoms with van der Waals surface area (Å²) in [5.41, 5.74) is 0. The Morgan fingerprint density at radius 2 is 1.95 bits per heavy atom. The molecule has 2 aliphatic rings. The number of carbonyl (C=O) groups is 3. The van der Waals surface area contributed by atoms with Gasteiger partial charge in [-0.1, -0.05) is 0 Å². The van der Waals surface area contributed by atoms with E-state index in [1.165, 1.54) is 6.92 Å². The van der Waals surface area contributed by atoms with Crippen molar-refractivity contribution in [3.05, 3.63) is 0 Å². The summed E-state index contributed by atoms with van der Waals surface area (Å²) in [6.07, 6.45) is 1.06. The standard InChI is InChI=1S/C12H19N3O5/c1-6(10(17)14-7-2-3-7)13-12(20)15-5-8(16)4-9(15)11(18)19/h6-9,16H,2-5H2,1H3,(H,13,20)(H,14,17)(H,18,19). The van der Waals surface area contributed by atoms with Crippen LogP contribution < -0.4 is 10.6 Å². The molecule has 3 amide bonds. The molecule has 2 fully saturated rings. The van der Waals surface area contributed by atoms with Crippen molar-refractivity contribution in [1.82, 2.24) is 15.5 Å². The molecule has 20 heavy (non-hydrogen) atoms. The highest BCUT2D eigenvalue weighted by molar-refractivity contribution is 5.89. The second kappa shape index (κ2) is 5.66. The summed E-state index contributed by atoms with van der Waals surface area (Å²) >= 11 is 0. The highest BCUT2D eigenvalue weighted by atomic mass is 16.4. The molecule has 112 valence electrons. The van der Waals surface area contributed by atoms with E-state index in [9.17, 15) is 19.5 Å². The molecule has 0 radical (unpaired) electrons. The summed E-state index contributed by atoms with van der Waals surface area (Å²) in [5, 5.41) is 23.7. The Bertz CT molecular complexity index is 423. The van der Waals surface area contributed by atoms with Crippen LogP contribution >= 0.6 is 0 Å². The highest BCUT2D eigenvalue weighted by Gasteiger charge is 2.39. The van der Waals surface area contributed by atoms with E-state index in [-0.39, 0.29) is 24.9 Å². The third kappa shape index (κ3) is 3.38. The molecule has 1 saturated heterocycles. The number of carbonyl (C=O) groups excluding carboxylic acids is 2. The Morgan fingerprint density at radius 1 is 1.30 bits per heavy atom. The van der Waals surface area contributed by atoms with E-state index in [1.807, 2.05) is 0 Å². The normalized spacial score (nSPS) is 27.0. The van der Waals surface area contributed by atoms with Crippen LogP contribution in [0.4, 0.5) is 4.79 Å². The summed E-state index contributed by atoms with van der Waals surface area (Å²) < 4.78 is 0. The lowest BCUT2D eigenvalue weighted by Gasteiger charge is -2.23. The van der Waals surface area contributed by atoms with Crippen molar-refractivity contribution in [2.75, 3.05) is 6.54 Å². The molecule has 0 aromatic heterocycles. The number of nitrogens with zero attached hydrogens (tertiary/aromatic N) is 1. The lowest BCUT2D eigenvalue weighted by atomic mass is 10.2. The topological polar surface area (TPSA) is 119 Å². The van der Waals surface area contributed by atoms with Gasteiger partial charge in [0.05, 0.1) is 6.10 Å². The largest absolute Gasteiger partial charge is 0.480 e. The molecule has 1 aliphatic heterocycles. The third-order valence-corrected chi connectivity index (χ3v) is 3.48. The second-order valence-electron chi connectivity index (χ2n) is 5.35. The first-order chi connectivity index (χ1) is 9.38. The zero-order valence-electron chi connectivity index (χ0n) is 11.2. The molecule has 8 heteroatoms. The van der Waals surface area contributed by atoms with Crippen LogP contribution in [0.2, 0.25) is 0 Å². The van der Waals surface area contributed by atoms with Crippen LogP contribution in [0, 0.1) is 0 Å². The van der Waals surface area contributed by atoms with Gasteiger partial charge in [-0.2, -0.15) is 0 Å². The Morgan fingerprint density at radius 3 is 2.50 bits per heavy atom. The monoisotopic (exact) mass is 285 g/mol. The molecule has 2 rings (SSSR count). The van der Waals surface area contributed by atoms with Crippen LogP contribution in [0.3, 0.4) is 0 Å². The molecule has 0 aromatic carbocycles. The number of β-amino-alcohol motifs (C(OH)–C–C–N with tert-alkyl or cyclic N) is 1. The van der Waals surface area contributed by atoms with Gasteiger partial charge in [-0.25, -0.2) is 9.59 Å². The molecular weight excluding hydrogens is 266 g/mol. The number of aliphatic hydroxyl groups is 1. The van der Waals surface area contributed by atoms with Crippen LogP contribution in [-0.4, -0.2) is 63.8 Å². The van der Waals surface area contributed by atoms with E-state index in [4.69, 9.17) is 5.11 Å². The first-order valence-electron chi connectivity index (χ1n) is 6.67. The number of aliphatic carboxylic acids is 1. The number of carboxylic acid groups (broad SMARTS) is 1. The maximum Gasteiger partial charge on any atom is 0.326 e. The Labute approximate surface area is 116 Å². The Kier molecular flexibility index (Phi) is 4.12. The van der Waals surface area contributed by atoms with Crippen molar-refractivity contribution in [2.45, 2.75) is 50.4 Å². The van der Waals surface area contributed by atoms with Crippen molar-refractivity contribution in [2.24, 2.45) is 0 Å². The number of urea groups is 1. The van der Waals surface area contributed by atoms with Crippen LogP contribution in [-0.2, 0) is 9.59 Å². The van der Waals surface area contributed by atoms with Crippen molar-refractivity contribution >= 4 is 17.9 Å². The van der Waals surface area contributed by atoms with E-state index >= 15 is 0 Å². The Balaban J connectivity index is 1.89. The smallest absolute Gasteiger partial charge is 0.326 e. The predicted molar refractivity (Wildman–Crippen MR) is 67.9 cm³/mol. The van der Waals surface area contributed by atoms with E-state index in [1.54, 1.807) is 0 Å². The molecule has 8 nitrogen and oxygen atoms in total. The lowest BCUT2D eigenvalue weighted by Crippen LogP contribution is -2.52. The minimum Gasteiger partial charge on any atom is -0.480 e. The molecular formula is C12H19N3O5. The van der Waals surface area contributed by atoms with Crippen LogP contribution in [0.15, 0.2) is 0 Å². The van der Waals surface area contributed by atoms with Gasteiger partial charge in [-0.15, -0.1) is 0 Å². The summed E-state index contributed by atoms with van der Waals surface area (Å²) in [4.78, 5) is 35.8. The van der Waals surface area contributed by atoms with Gasteiger partial charge in [-0.05, 0) is 19.8 Å². The average molecular weight is 285 g/mol. The van der Waals surface area contributed by atoms with E-state index in [0.717, 1.165) is 17.7 Å². The molecule has 3 atom stereocenters. The molecule has 1 saturated carbocycles. The minimum atomic E-state index is -1.16. The predicted octanol–water partition coefficient (Wildman–Crippen LogP) is -1.12. The zero-order valence-corrected chi connectivity index (χ0v) is 11.2. The van der Waals surface area contributed by atoms with Crippen molar-refractivity contribution in [1.29, 1.82) is 0 Å². The molecule has 0 spiro atoms. The molecule has 1 heterocycles. The van der Waals surface area contributed by atoms with Gasteiger partial charge in [0.1, 0.15) is 12.1 Å². The Hall–Kier alpha value is -1.83.